The van der Waals surface area contributed by atoms with Gasteiger partial charge in [0.1, 0.15) is 6.54 Å². The molecule has 1 aromatic heterocycles. The Morgan fingerprint density at radius 1 is 0.978 bits per heavy atom. The third-order valence-corrected chi connectivity index (χ3v) is 9.30. The van der Waals surface area contributed by atoms with Gasteiger partial charge in [-0.25, -0.2) is 14.5 Å². The van der Waals surface area contributed by atoms with E-state index in [4.69, 9.17) is 9.47 Å². The lowest BCUT2D eigenvalue weighted by atomic mass is 10.0. The van der Waals surface area contributed by atoms with Crippen LogP contribution in [-0.4, -0.2) is 93.2 Å². The average Bonchev–Trinajstić information content (AvgIpc) is 3.25. The van der Waals surface area contributed by atoms with Gasteiger partial charge in [-0.2, -0.15) is 0 Å². The van der Waals surface area contributed by atoms with E-state index in [0.29, 0.717) is 11.2 Å². The molecule has 9 nitrogen and oxygen atoms in total. The summed E-state index contributed by atoms with van der Waals surface area (Å²) in [5.41, 5.74) is 6.29. The molecule has 4 rings (SSSR count). The molecule has 0 N–H and O–H groups in total. The van der Waals surface area contributed by atoms with Gasteiger partial charge in [-0.3, -0.25) is 4.48 Å². The molecule has 0 aliphatic carbocycles. The van der Waals surface area contributed by atoms with E-state index in [2.05, 4.69) is 62.0 Å². The van der Waals surface area contributed by atoms with E-state index < -0.39 is 0 Å². The van der Waals surface area contributed by atoms with Gasteiger partial charge in [0, 0.05) is 71.8 Å². The van der Waals surface area contributed by atoms with Gasteiger partial charge in [0.05, 0.1) is 25.7 Å². The minimum atomic E-state index is -0.298. The quantitative estimate of drug-likeness (QED) is 0.193. The Labute approximate surface area is 277 Å². The normalized spacial score (nSPS) is 19.5. The zero-order valence-electron chi connectivity index (χ0n) is 30.1. The van der Waals surface area contributed by atoms with Crippen LogP contribution in [0.15, 0.2) is 35.9 Å². The molecular weight excluding hydrogens is 578 g/mol. The molecule has 2 aliphatic heterocycles. The van der Waals surface area contributed by atoms with Crippen LogP contribution >= 0.6 is 0 Å². The highest BCUT2D eigenvalue weighted by atomic mass is 16.6. The number of allylic oxidation sites excluding steroid dienone is 2. The van der Waals surface area contributed by atoms with Crippen LogP contribution in [0.25, 0.3) is 10.9 Å². The number of carbonyl (C=O) groups is 2. The number of quaternary nitrogens is 1. The minimum absolute atomic E-state index is 0.0687. The van der Waals surface area contributed by atoms with Crippen LogP contribution in [0.2, 0.25) is 0 Å². The number of hydrogen-bond acceptors (Lipinski definition) is 5. The smallest absolute Gasteiger partial charge is 0.414 e. The number of likely N-dealkylation sites (N-methyl/N-ethyl adjacent to an activating group) is 1. The SMILES string of the molecule is Cc1ccc2c(c1)c1c(n2CCC2=[C+]N(COC(=O)N(C(C)C)C(C)C)C(C)C=C2)CC[N+](C)(COC(=O)N(C(C)C)C(C)C)C1. The van der Waals surface area contributed by atoms with Crippen LogP contribution in [0.5, 0.6) is 0 Å². The highest BCUT2D eigenvalue weighted by Crippen LogP contribution is 2.35. The van der Waals surface area contributed by atoms with Gasteiger partial charge >= 0.3 is 12.2 Å². The second kappa shape index (κ2) is 14.5. The van der Waals surface area contributed by atoms with Gasteiger partial charge in [-0.15, -0.1) is 0 Å². The number of nitrogens with zero attached hydrogens (tertiary/aromatic N) is 5. The summed E-state index contributed by atoms with van der Waals surface area (Å²) in [7, 11) is 2.20. The molecule has 2 aromatic rings. The predicted molar refractivity (Wildman–Crippen MR) is 184 cm³/mol. The summed E-state index contributed by atoms with van der Waals surface area (Å²) in [5.74, 6) is 0. The van der Waals surface area contributed by atoms with Crippen molar-refractivity contribution < 1.29 is 23.5 Å². The fraction of sp³-hybridized carbons (Fsp3) is 0.622. The summed E-state index contributed by atoms with van der Waals surface area (Å²) in [4.78, 5) is 31.4. The van der Waals surface area contributed by atoms with Crippen LogP contribution in [-0.2, 0) is 29.0 Å². The van der Waals surface area contributed by atoms with Crippen molar-refractivity contribution in [2.24, 2.45) is 0 Å². The van der Waals surface area contributed by atoms with Gasteiger partial charge in [0.15, 0.2) is 18.5 Å². The number of benzene rings is 1. The molecule has 1 aromatic carbocycles. The monoisotopic (exact) mass is 635 g/mol. The molecule has 3 heterocycles. The van der Waals surface area contributed by atoms with Crippen LogP contribution in [0.4, 0.5) is 9.59 Å². The molecular formula is C37H57N5O4+2. The highest BCUT2D eigenvalue weighted by Gasteiger charge is 2.35. The van der Waals surface area contributed by atoms with E-state index in [9.17, 15) is 9.59 Å². The topological polar surface area (TPSA) is 67.2 Å². The fourth-order valence-electron chi connectivity index (χ4n) is 6.98. The van der Waals surface area contributed by atoms with E-state index in [0.717, 1.165) is 38.0 Å². The molecule has 0 bridgehead atoms. The van der Waals surface area contributed by atoms with Crippen molar-refractivity contribution >= 4 is 23.1 Å². The summed E-state index contributed by atoms with van der Waals surface area (Å²) < 4.78 is 14.8. The van der Waals surface area contributed by atoms with Gasteiger partial charge in [-0.1, -0.05) is 11.6 Å². The van der Waals surface area contributed by atoms with Crippen LogP contribution in [0.3, 0.4) is 0 Å². The molecule has 46 heavy (non-hydrogen) atoms. The number of aryl methyl sites for hydroxylation is 2. The van der Waals surface area contributed by atoms with Crippen molar-refractivity contribution in [3.8, 4) is 0 Å². The third kappa shape index (κ3) is 7.87. The van der Waals surface area contributed by atoms with E-state index >= 15 is 0 Å². The molecule has 2 atom stereocenters. The second-order valence-electron chi connectivity index (χ2n) is 14.6. The molecule has 252 valence electrons. The summed E-state index contributed by atoms with van der Waals surface area (Å²) in [6, 6.07) is 7.13. The molecule has 2 aliphatic rings. The predicted octanol–water partition coefficient (Wildman–Crippen LogP) is 7.22. The molecule has 0 saturated carbocycles. The standard InChI is InChI=1S/C37H57N5O4/c1-25(2)40(26(3)4)36(43)45-23-38-21-31(14-13-30(38)10)16-18-39-34-15-12-29(9)20-32(34)33-22-42(11,19-17-35(33)39)24-46-37(44)41(27(5)6)28(7)8/h12-15,20,25-28,30H,16-19,22-24H2,1-11H3/q+2. The zero-order chi connectivity index (χ0) is 33.9. The number of rotatable bonds is 11. The zero-order valence-corrected chi connectivity index (χ0v) is 30.1. The van der Waals surface area contributed by atoms with E-state index in [1.54, 1.807) is 9.80 Å². The molecule has 0 fully saturated rings. The first-order valence-electron chi connectivity index (χ1n) is 17.0. The Balaban J connectivity index is 1.49. The summed E-state index contributed by atoms with van der Waals surface area (Å²) in [6.45, 7) is 23.4. The lowest BCUT2D eigenvalue weighted by Gasteiger charge is -2.38. The van der Waals surface area contributed by atoms with E-state index in [1.165, 1.54) is 27.7 Å². The third-order valence-electron chi connectivity index (χ3n) is 9.30. The number of amides is 2. The van der Waals surface area contributed by atoms with Crippen LogP contribution in [0, 0.1) is 13.1 Å². The highest BCUT2D eigenvalue weighted by molar-refractivity contribution is 5.86. The lowest BCUT2D eigenvalue weighted by Crippen LogP contribution is -2.51. The minimum Gasteiger partial charge on any atom is -0.426 e. The largest absolute Gasteiger partial charge is 0.426 e. The Kier molecular flexibility index (Phi) is 11.1. The number of fused-ring (bicyclic) bond motifs is 3. The van der Waals surface area contributed by atoms with Crippen molar-refractivity contribution in [2.75, 3.05) is 27.1 Å². The molecule has 2 amide bonds. The van der Waals surface area contributed by atoms with Crippen LogP contribution in [0.1, 0.15) is 85.6 Å². The van der Waals surface area contributed by atoms with E-state index in [-0.39, 0.29) is 49.1 Å². The Morgan fingerprint density at radius 3 is 2.20 bits per heavy atom. The van der Waals surface area contributed by atoms with Crippen LogP contribution < -0.4 is 0 Å². The first-order chi connectivity index (χ1) is 21.6. The maximum absolute atomic E-state index is 13.0. The second-order valence-corrected chi connectivity index (χ2v) is 14.6. The Bertz CT molecular complexity index is 1440. The number of hydrogen-bond donors (Lipinski definition) is 0. The van der Waals surface area contributed by atoms with Crippen molar-refractivity contribution in [1.82, 2.24) is 19.3 Å². The van der Waals surface area contributed by atoms with E-state index in [1.807, 2.05) is 60.3 Å². The maximum atomic E-state index is 13.0. The average molecular weight is 636 g/mol. The maximum Gasteiger partial charge on any atom is 0.414 e. The van der Waals surface area contributed by atoms with Crippen molar-refractivity contribution in [2.45, 2.75) is 125 Å². The number of aromatic nitrogens is 1. The molecule has 0 radical (unpaired) electrons. The van der Waals surface area contributed by atoms with Gasteiger partial charge < -0.3 is 23.8 Å². The molecule has 9 heteroatoms. The molecule has 0 saturated heterocycles. The summed E-state index contributed by atoms with van der Waals surface area (Å²) >= 11 is 0. The Hall–Kier alpha value is -3.55. The van der Waals surface area contributed by atoms with Gasteiger partial charge in [0.2, 0.25) is 6.73 Å². The van der Waals surface area contributed by atoms with Gasteiger partial charge in [-0.05, 0) is 81.4 Å². The summed E-state index contributed by atoms with van der Waals surface area (Å²) in [5, 5.41) is 1.29. The molecule has 2 unspecified atom stereocenters. The van der Waals surface area contributed by atoms with Crippen molar-refractivity contribution in [1.29, 1.82) is 0 Å². The van der Waals surface area contributed by atoms with Gasteiger partial charge in [0.25, 0.3) is 0 Å². The Morgan fingerprint density at radius 2 is 1.59 bits per heavy atom. The lowest BCUT2D eigenvalue weighted by molar-refractivity contribution is -0.940. The van der Waals surface area contributed by atoms with Crippen molar-refractivity contribution in [3.63, 3.8) is 0 Å². The summed E-state index contributed by atoms with van der Waals surface area (Å²) in [6.07, 6.45) is 9.01. The number of carbonyl (C=O) groups excluding carboxylic acids is 2. The first-order valence-corrected chi connectivity index (χ1v) is 17.0. The fourth-order valence-corrected chi connectivity index (χ4v) is 6.98. The molecule has 0 spiro atoms. The van der Waals surface area contributed by atoms with Crippen molar-refractivity contribution in [3.05, 3.63) is 58.9 Å². The number of ether oxygens (including phenoxy) is 2. The first kappa shape index (κ1) is 35.3.